The third-order valence-electron chi connectivity index (χ3n) is 3.36. The van der Waals surface area contributed by atoms with Crippen molar-refractivity contribution in [3.63, 3.8) is 0 Å². The first kappa shape index (κ1) is 14.8. The van der Waals surface area contributed by atoms with Crippen molar-refractivity contribution in [3.8, 4) is 5.75 Å². The third-order valence-corrected chi connectivity index (χ3v) is 3.36. The highest BCUT2D eigenvalue weighted by atomic mass is 16.3. The maximum absolute atomic E-state index is 12.0. The minimum atomic E-state index is -0.798. The summed E-state index contributed by atoms with van der Waals surface area (Å²) >= 11 is 0. The molecular formula is C14H17N3O4. The van der Waals surface area contributed by atoms with Crippen LogP contribution in [0.15, 0.2) is 24.3 Å². The number of phenolic OH excluding ortho intramolecular Hbond substituents is 1. The molecule has 0 aromatic heterocycles. The molecule has 1 fully saturated rings. The number of carbonyl (C=O) groups is 3. The van der Waals surface area contributed by atoms with Crippen LogP contribution < -0.4 is 5.32 Å². The molecule has 2 N–H and O–H groups in total. The highest BCUT2D eigenvalue weighted by Crippen LogP contribution is 2.21. The molecule has 1 heterocycles. The molecule has 0 spiro atoms. The molecule has 1 saturated heterocycles. The number of aromatic hydroxyl groups is 1. The molecule has 7 nitrogen and oxygen atoms in total. The van der Waals surface area contributed by atoms with Gasteiger partial charge in [-0.2, -0.15) is 0 Å². The number of para-hydroxylation sites is 2. The van der Waals surface area contributed by atoms with E-state index in [1.54, 1.807) is 17.0 Å². The molecule has 21 heavy (non-hydrogen) atoms. The zero-order chi connectivity index (χ0) is 15.4. The number of carbonyl (C=O) groups excluding carboxylic acids is 3. The Morgan fingerprint density at radius 2 is 1.62 bits per heavy atom. The fourth-order valence-electron chi connectivity index (χ4n) is 2.12. The lowest BCUT2D eigenvalue weighted by Crippen LogP contribution is -2.52. The van der Waals surface area contributed by atoms with Crippen molar-refractivity contribution in [2.45, 2.75) is 6.92 Å². The molecule has 1 aromatic rings. The van der Waals surface area contributed by atoms with Crippen LogP contribution in [-0.2, 0) is 14.4 Å². The number of phenols is 1. The molecule has 112 valence electrons. The summed E-state index contributed by atoms with van der Waals surface area (Å²) in [4.78, 5) is 38.1. The van der Waals surface area contributed by atoms with Gasteiger partial charge in [0.05, 0.1) is 5.69 Å². The average molecular weight is 291 g/mol. The van der Waals surface area contributed by atoms with Crippen molar-refractivity contribution < 1.29 is 19.5 Å². The van der Waals surface area contributed by atoms with Crippen LogP contribution in [-0.4, -0.2) is 58.8 Å². The summed E-state index contributed by atoms with van der Waals surface area (Å²) in [5, 5.41) is 11.9. The summed E-state index contributed by atoms with van der Waals surface area (Å²) in [6.07, 6.45) is 0. The van der Waals surface area contributed by atoms with Crippen molar-refractivity contribution in [1.29, 1.82) is 0 Å². The van der Waals surface area contributed by atoms with Gasteiger partial charge < -0.3 is 20.2 Å². The Labute approximate surface area is 122 Å². The van der Waals surface area contributed by atoms with Gasteiger partial charge in [0.2, 0.25) is 5.91 Å². The molecule has 0 aliphatic carbocycles. The van der Waals surface area contributed by atoms with Crippen molar-refractivity contribution in [3.05, 3.63) is 24.3 Å². The SMILES string of the molecule is CC(=O)N1CCN(C(=O)C(=O)Nc2ccccc2O)CC1. The van der Waals surface area contributed by atoms with E-state index < -0.39 is 11.8 Å². The largest absolute Gasteiger partial charge is 0.506 e. The lowest BCUT2D eigenvalue weighted by Gasteiger charge is -2.33. The number of rotatable bonds is 1. The lowest BCUT2D eigenvalue weighted by atomic mass is 10.2. The molecule has 1 aliphatic rings. The number of nitrogens with zero attached hydrogens (tertiary/aromatic N) is 2. The van der Waals surface area contributed by atoms with E-state index >= 15 is 0 Å². The summed E-state index contributed by atoms with van der Waals surface area (Å²) in [7, 11) is 0. The average Bonchev–Trinajstić information content (AvgIpc) is 2.49. The first-order chi connectivity index (χ1) is 9.99. The van der Waals surface area contributed by atoms with Gasteiger partial charge in [0, 0.05) is 33.1 Å². The standard InChI is InChI=1S/C14H17N3O4/c1-10(18)16-6-8-17(9-7-16)14(21)13(20)15-11-4-2-3-5-12(11)19/h2-5,19H,6-9H2,1H3,(H,15,20). The Morgan fingerprint density at radius 1 is 1.05 bits per heavy atom. The van der Waals surface area contributed by atoms with Gasteiger partial charge in [-0.3, -0.25) is 14.4 Å². The summed E-state index contributed by atoms with van der Waals surface area (Å²) < 4.78 is 0. The molecule has 0 saturated carbocycles. The maximum Gasteiger partial charge on any atom is 0.314 e. The minimum absolute atomic E-state index is 0.0410. The second kappa shape index (κ2) is 6.25. The minimum Gasteiger partial charge on any atom is -0.506 e. The fourth-order valence-corrected chi connectivity index (χ4v) is 2.12. The Hall–Kier alpha value is -2.57. The number of amides is 3. The molecule has 0 radical (unpaired) electrons. The highest BCUT2D eigenvalue weighted by molar-refractivity contribution is 6.39. The van der Waals surface area contributed by atoms with Gasteiger partial charge in [-0.25, -0.2) is 0 Å². The molecule has 0 atom stereocenters. The zero-order valence-electron chi connectivity index (χ0n) is 11.7. The van der Waals surface area contributed by atoms with Crippen LogP contribution in [0.25, 0.3) is 0 Å². The molecule has 1 aliphatic heterocycles. The molecule has 0 unspecified atom stereocenters. The number of hydrogen-bond donors (Lipinski definition) is 2. The number of piperazine rings is 1. The maximum atomic E-state index is 12.0. The molecule has 7 heteroatoms. The van der Waals surface area contributed by atoms with Crippen molar-refractivity contribution >= 4 is 23.4 Å². The van der Waals surface area contributed by atoms with Gasteiger partial charge >= 0.3 is 11.8 Å². The highest BCUT2D eigenvalue weighted by Gasteiger charge is 2.27. The van der Waals surface area contributed by atoms with Crippen LogP contribution in [0.2, 0.25) is 0 Å². The Bertz CT molecular complexity index is 565. The fraction of sp³-hybridized carbons (Fsp3) is 0.357. The predicted molar refractivity (Wildman–Crippen MR) is 75.6 cm³/mol. The second-order valence-electron chi connectivity index (χ2n) is 4.77. The van der Waals surface area contributed by atoms with Gasteiger partial charge in [-0.1, -0.05) is 12.1 Å². The monoisotopic (exact) mass is 291 g/mol. The number of hydrogen-bond acceptors (Lipinski definition) is 4. The molecule has 3 amide bonds. The van der Waals surface area contributed by atoms with E-state index in [2.05, 4.69) is 5.32 Å². The molecular weight excluding hydrogens is 274 g/mol. The van der Waals surface area contributed by atoms with Crippen LogP contribution in [0.1, 0.15) is 6.92 Å². The van der Waals surface area contributed by atoms with E-state index in [1.807, 2.05) is 0 Å². The summed E-state index contributed by atoms with van der Waals surface area (Å²) in [5.74, 6) is -1.60. The van der Waals surface area contributed by atoms with Gasteiger partial charge in [0.15, 0.2) is 0 Å². The summed E-state index contributed by atoms with van der Waals surface area (Å²) in [6.45, 7) is 2.97. The van der Waals surface area contributed by atoms with Crippen molar-refractivity contribution in [1.82, 2.24) is 9.80 Å². The second-order valence-corrected chi connectivity index (χ2v) is 4.77. The van der Waals surface area contributed by atoms with E-state index in [0.717, 1.165) is 0 Å². The van der Waals surface area contributed by atoms with Gasteiger partial charge in [0.25, 0.3) is 0 Å². The van der Waals surface area contributed by atoms with E-state index in [1.165, 1.54) is 24.0 Å². The van der Waals surface area contributed by atoms with Crippen LogP contribution in [0.5, 0.6) is 5.75 Å². The van der Waals surface area contributed by atoms with Crippen LogP contribution >= 0.6 is 0 Å². The third kappa shape index (κ3) is 3.50. The number of nitrogens with one attached hydrogen (secondary N) is 1. The quantitative estimate of drug-likeness (QED) is 0.564. The van der Waals surface area contributed by atoms with E-state index in [-0.39, 0.29) is 17.3 Å². The molecule has 2 rings (SSSR count). The zero-order valence-corrected chi connectivity index (χ0v) is 11.7. The predicted octanol–water partition coefficient (Wildman–Crippen LogP) is 0.0214. The topological polar surface area (TPSA) is 90.0 Å². The first-order valence-electron chi connectivity index (χ1n) is 6.63. The van der Waals surface area contributed by atoms with Crippen LogP contribution in [0.3, 0.4) is 0 Å². The number of anilines is 1. The van der Waals surface area contributed by atoms with Crippen molar-refractivity contribution in [2.75, 3.05) is 31.5 Å². The van der Waals surface area contributed by atoms with Gasteiger partial charge in [-0.05, 0) is 12.1 Å². The molecule has 1 aromatic carbocycles. The van der Waals surface area contributed by atoms with Crippen molar-refractivity contribution in [2.24, 2.45) is 0 Å². The Balaban J connectivity index is 1.93. The van der Waals surface area contributed by atoms with Gasteiger partial charge in [-0.15, -0.1) is 0 Å². The lowest BCUT2D eigenvalue weighted by molar-refractivity contribution is -0.145. The van der Waals surface area contributed by atoms with E-state index in [0.29, 0.717) is 26.2 Å². The summed E-state index contributed by atoms with van der Waals surface area (Å²) in [5.41, 5.74) is 0.193. The van der Waals surface area contributed by atoms with Crippen LogP contribution in [0, 0.1) is 0 Å². The van der Waals surface area contributed by atoms with E-state index in [9.17, 15) is 19.5 Å². The smallest absolute Gasteiger partial charge is 0.314 e. The van der Waals surface area contributed by atoms with Crippen LogP contribution in [0.4, 0.5) is 5.69 Å². The first-order valence-corrected chi connectivity index (χ1v) is 6.63. The number of benzene rings is 1. The normalized spacial score (nSPS) is 14.7. The molecule has 0 bridgehead atoms. The summed E-state index contributed by atoms with van der Waals surface area (Å²) in [6, 6.07) is 6.19. The Kier molecular flexibility index (Phi) is 4.42. The van der Waals surface area contributed by atoms with E-state index in [4.69, 9.17) is 0 Å². The Morgan fingerprint density at radius 3 is 2.19 bits per heavy atom. The van der Waals surface area contributed by atoms with Gasteiger partial charge in [0.1, 0.15) is 5.75 Å².